The summed E-state index contributed by atoms with van der Waals surface area (Å²) in [5.74, 6) is -0.847. The van der Waals surface area contributed by atoms with Gasteiger partial charge in [0.1, 0.15) is 0 Å². The molecule has 0 fully saturated rings. The summed E-state index contributed by atoms with van der Waals surface area (Å²) in [6.07, 6.45) is 1.47. The van der Waals surface area contributed by atoms with Crippen molar-refractivity contribution in [2.24, 2.45) is 7.05 Å². The Labute approximate surface area is 115 Å². The Kier molecular flexibility index (Phi) is 3.93. The number of pyridine rings is 2. The second kappa shape index (κ2) is 5.64. The third kappa shape index (κ3) is 3.09. The van der Waals surface area contributed by atoms with Crippen molar-refractivity contribution in [3.05, 3.63) is 63.6 Å². The molecule has 0 aromatic carbocycles. The van der Waals surface area contributed by atoms with Gasteiger partial charge in [0.15, 0.2) is 0 Å². The zero-order chi connectivity index (χ0) is 14.7. The van der Waals surface area contributed by atoms with Crippen molar-refractivity contribution in [1.82, 2.24) is 14.9 Å². The molecular formula is C14H14FN3O2. The van der Waals surface area contributed by atoms with Gasteiger partial charge in [-0.15, -0.1) is 0 Å². The van der Waals surface area contributed by atoms with Crippen LogP contribution in [0.25, 0.3) is 0 Å². The van der Waals surface area contributed by atoms with Crippen molar-refractivity contribution in [2.45, 2.75) is 13.5 Å². The molecule has 2 heterocycles. The molecule has 0 aliphatic rings. The zero-order valence-electron chi connectivity index (χ0n) is 11.2. The highest BCUT2D eigenvalue weighted by atomic mass is 19.1. The van der Waals surface area contributed by atoms with Crippen LogP contribution < -0.4 is 10.9 Å². The SMILES string of the molecule is Cc1nc(F)ccc1CNC(=O)c1ccc(=O)n(C)c1. The van der Waals surface area contributed by atoms with Crippen molar-refractivity contribution in [1.29, 1.82) is 0 Å². The average Bonchev–Trinajstić information content (AvgIpc) is 2.40. The van der Waals surface area contributed by atoms with E-state index in [-0.39, 0.29) is 18.0 Å². The monoisotopic (exact) mass is 275 g/mol. The van der Waals surface area contributed by atoms with E-state index in [1.165, 1.54) is 29.0 Å². The van der Waals surface area contributed by atoms with Gasteiger partial charge in [-0.25, -0.2) is 4.98 Å². The Bertz CT molecular complexity index is 710. The number of rotatable bonds is 3. The largest absolute Gasteiger partial charge is 0.348 e. The number of carbonyl (C=O) groups excluding carboxylic acids is 1. The van der Waals surface area contributed by atoms with Crippen molar-refractivity contribution >= 4 is 5.91 Å². The highest BCUT2D eigenvalue weighted by Crippen LogP contribution is 2.06. The van der Waals surface area contributed by atoms with Crippen LogP contribution in [0, 0.1) is 12.9 Å². The molecule has 6 heteroatoms. The van der Waals surface area contributed by atoms with E-state index in [1.54, 1.807) is 20.0 Å². The van der Waals surface area contributed by atoms with Crippen molar-refractivity contribution in [3.8, 4) is 0 Å². The Morgan fingerprint density at radius 3 is 2.75 bits per heavy atom. The van der Waals surface area contributed by atoms with Gasteiger partial charge in [-0.2, -0.15) is 4.39 Å². The smallest absolute Gasteiger partial charge is 0.253 e. The summed E-state index contributed by atoms with van der Waals surface area (Å²) in [5.41, 5.74) is 1.48. The van der Waals surface area contributed by atoms with Gasteiger partial charge in [-0.05, 0) is 24.6 Å². The molecule has 1 amide bonds. The molecule has 2 aromatic rings. The lowest BCUT2D eigenvalue weighted by Gasteiger charge is -2.08. The molecule has 0 atom stereocenters. The molecule has 0 aliphatic carbocycles. The number of halogens is 1. The van der Waals surface area contributed by atoms with Crippen LogP contribution in [-0.4, -0.2) is 15.5 Å². The maximum absolute atomic E-state index is 12.9. The van der Waals surface area contributed by atoms with Gasteiger partial charge in [-0.3, -0.25) is 9.59 Å². The summed E-state index contributed by atoms with van der Waals surface area (Å²) in [4.78, 5) is 26.9. The van der Waals surface area contributed by atoms with E-state index in [0.29, 0.717) is 11.3 Å². The minimum absolute atomic E-state index is 0.180. The second-order valence-corrected chi connectivity index (χ2v) is 4.43. The predicted octanol–water partition coefficient (Wildman–Crippen LogP) is 1.16. The molecule has 5 nitrogen and oxygen atoms in total. The molecule has 2 aromatic heterocycles. The van der Waals surface area contributed by atoms with Crippen LogP contribution in [0.5, 0.6) is 0 Å². The number of nitrogens with zero attached hydrogens (tertiary/aromatic N) is 2. The number of hydrogen-bond acceptors (Lipinski definition) is 3. The molecule has 0 saturated carbocycles. The standard InChI is InChI=1S/C14H14FN3O2/c1-9-10(3-5-12(15)17-9)7-16-14(20)11-4-6-13(19)18(2)8-11/h3-6,8H,7H2,1-2H3,(H,16,20). The summed E-state index contributed by atoms with van der Waals surface area (Å²) in [6.45, 7) is 1.93. The molecule has 104 valence electrons. The summed E-state index contributed by atoms with van der Waals surface area (Å²) in [7, 11) is 1.58. The number of hydrogen-bond donors (Lipinski definition) is 1. The Hall–Kier alpha value is -2.50. The number of amides is 1. The van der Waals surface area contributed by atoms with Gasteiger partial charge in [0.05, 0.1) is 5.56 Å². The molecule has 20 heavy (non-hydrogen) atoms. The van der Waals surface area contributed by atoms with Crippen LogP contribution in [0.1, 0.15) is 21.6 Å². The zero-order valence-corrected chi connectivity index (χ0v) is 11.2. The van der Waals surface area contributed by atoms with E-state index >= 15 is 0 Å². The maximum Gasteiger partial charge on any atom is 0.253 e. The molecule has 0 unspecified atom stereocenters. The number of aromatic nitrogens is 2. The Morgan fingerprint density at radius 1 is 1.35 bits per heavy atom. The van der Waals surface area contributed by atoms with Crippen LogP contribution in [0.3, 0.4) is 0 Å². The third-order valence-corrected chi connectivity index (χ3v) is 2.95. The van der Waals surface area contributed by atoms with E-state index in [1.807, 2.05) is 0 Å². The van der Waals surface area contributed by atoms with E-state index in [0.717, 1.165) is 5.56 Å². The fourth-order valence-corrected chi connectivity index (χ4v) is 1.75. The summed E-state index contributed by atoms with van der Waals surface area (Å²) >= 11 is 0. The molecule has 0 saturated heterocycles. The highest BCUT2D eigenvalue weighted by Gasteiger charge is 2.08. The first-order valence-corrected chi connectivity index (χ1v) is 6.04. The summed E-state index contributed by atoms with van der Waals surface area (Å²) < 4.78 is 14.2. The van der Waals surface area contributed by atoms with Crippen molar-refractivity contribution < 1.29 is 9.18 Å². The van der Waals surface area contributed by atoms with Crippen LogP contribution in [0.4, 0.5) is 4.39 Å². The van der Waals surface area contributed by atoms with Crippen molar-refractivity contribution in [3.63, 3.8) is 0 Å². The van der Waals surface area contributed by atoms with Crippen molar-refractivity contribution in [2.75, 3.05) is 0 Å². The number of nitrogens with one attached hydrogen (secondary N) is 1. The predicted molar refractivity (Wildman–Crippen MR) is 71.8 cm³/mol. The summed E-state index contributed by atoms with van der Waals surface area (Å²) in [6, 6.07) is 5.63. The van der Waals surface area contributed by atoms with E-state index < -0.39 is 5.95 Å². The third-order valence-electron chi connectivity index (χ3n) is 2.95. The summed E-state index contributed by atoms with van der Waals surface area (Å²) in [5, 5.41) is 2.71. The number of carbonyl (C=O) groups is 1. The van der Waals surface area contributed by atoms with Gasteiger partial charge >= 0.3 is 0 Å². The Balaban J connectivity index is 2.08. The molecule has 0 bridgehead atoms. The second-order valence-electron chi connectivity index (χ2n) is 4.43. The highest BCUT2D eigenvalue weighted by molar-refractivity contribution is 5.93. The fraction of sp³-hybridized carbons (Fsp3) is 0.214. The molecule has 0 aliphatic heterocycles. The quantitative estimate of drug-likeness (QED) is 0.855. The van der Waals surface area contributed by atoms with E-state index in [9.17, 15) is 14.0 Å². The number of aryl methyl sites for hydroxylation is 2. The van der Waals surface area contributed by atoms with Gasteiger partial charge in [0.2, 0.25) is 11.5 Å². The maximum atomic E-state index is 12.9. The van der Waals surface area contributed by atoms with Crippen LogP contribution >= 0.6 is 0 Å². The lowest BCUT2D eigenvalue weighted by atomic mass is 10.2. The topological polar surface area (TPSA) is 64.0 Å². The van der Waals surface area contributed by atoms with Gasteiger partial charge < -0.3 is 9.88 Å². The van der Waals surface area contributed by atoms with Crippen LogP contribution in [0.2, 0.25) is 0 Å². The molecule has 1 N–H and O–H groups in total. The Morgan fingerprint density at radius 2 is 2.10 bits per heavy atom. The lowest BCUT2D eigenvalue weighted by Crippen LogP contribution is -2.25. The lowest BCUT2D eigenvalue weighted by molar-refractivity contribution is 0.0950. The fourth-order valence-electron chi connectivity index (χ4n) is 1.75. The molecule has 0 radical (unpaired) electrons. The minimum atomic E-state index is -0.546. The van der Waals surface area contributed by atoms with Gasteiger partial charge in [0, 0.05) is 31.5 Å². The van der Waals surface area contributed by atoms with Crippen LogP contribution in [-0.2, 0) is 13.6 Å². The van der Waals surface area contributed by atoms with Crippen LogP contribution in [0.15, 0.2) is 35.3 Å². The molecule has 0 spiro atoms. The first kappa shape index (κ1) is 13.9. The van der Waals surface area contributed by atoms with Gasteiger partial charge in [-0.1, -0.05) is 6.07 Å². The van der Waals surface area contributed by atoms with Gasteiger partial charge in [0.25, 0.3) is 5.91 Å². The van der Waals surface area contributed by atoms with E-state index in [2.05, 4.69) is 10.3 Å². The van der Waals surface area contributed by atoms with E-state index in [4.69, 9.17) is 0 Å². The average molecular weight is 275 g/mol. The normalized spacial score (nSPS) is 10.3. The molecular weight excluding hydrogens is 261 g/mol. The first-order chi connectivity index (χ1) is 9.47. The minimum Gasteiger partial charge on any atom is -0.348 e. The molecule has 2 rings (SSSR count). The first-order valence-electron chi connectivity index (χ1n) is 6.04.